The number of carbonyl (C=O) groups is 1. The summed E-state index contributed by atoms with van der Waals surface area (Å²) in [6.45, 7) is 1.78. The van der Waals surface area contributed by atoms with Crippen molar-refractivity contribution in [1.29, 1.82) is 0 Å². The van der Waals surface area contributed by atoms with Crippen LogP contribution in [-0.4, -0.2) is 193 Å². The van der Waals surface area contributed by atoms with Gasteiger partial charge in [-0.3, -0.25) is 4.79 Å². The van der Waals surface area contributed by atoms with Crippen molar-refractivity contribution < 1.29 is 89.4 Å². The summed E-state index contributed by atoms with van der Waals surface area (Å²) in [4.78, 5) is 13.5. The van der Waals surface area contributed by atoms with E-state index >= 15 is 0 Å². The SMILES string of the molecule is CCCCCCCCCC/C=C\CCCCCCCCCCCCCCCCCCCCCCCCCC(=O)NC(COC1OC(CO)C(OC2OC(CO)C(OC3OC(CO)C(O)C(O)C3O)C(O)C2O)C(O)C1O)C(O)/C=C/CC/C=C/CCCCCCCCCCCCCCCCCCCCCC. The molecule has 0 spiro atoms. The van der Waals surface area contributed by atoms with Gasteiger partial charge in [-0.05, 0) is 57.8 Å². The van der Waals surface area contributed by atoms with E-state index in [1.54, 1.807) is 6.08 Å². The van der Waals surface area contributed by atoms with Crippen LogP contribution in [0.25, 0.3) is 0 Å². The molecule has 17 atom stereocenters. The van der Waals surface area contributed by atoms with Crippen LogP contribution in [0.3, 0.4) is 0 Å². The highest BCUT2D eigenvalue weighted by Gasteiger charge is 2.54. The highest BCUT2D eigenvalue weighted by molar-refractivity contribution is 5.76. The summed E-state index contributed by atoms with van der Waals surface area (Å²) in [5, 5.41) is 121. The quantitative estimate of drug-likeness (QED) is 0.0199. The van der Waals surface area contributed by atoms with Crippen molar-refractivity contribution in [3.8, 4) is 0 Å². The van der Waals surface area contributed by atoms with Crippen LogP contribution in [0.5, 0.6) is 0 Å². The molecule has 0 aromatic carbocycles. The van der Waals surface area contributed by atoms with Crippen LogP contribution >= 0.6 is 0 Å². The molecule has 3 fully saturated rings. The molecule has 3 aliphatic rings. The summed E-state index contributed by atoms with van der Waals surface area (Å²) in [5.74, 6) is -0.277. The van der Waals surface area contributed by atoms with E-state index in [1.165, 1.54) is 308 Å². The van der Waals surface area contributed by atoms with Gasteiger partial charge in [0.15, 0.2) is 18.9 Å². The number of nitrogens with one attached hydrogen (secondary N) is 1. The normalized spacial score (nSPS) is 25.8. The fourth-order valence-electron chi connectivity index (χ4n) is 15.1. The van der Waals surface area contributed by atoms with Gasteiger partial charge in [0.1, 0.15) is 73.2 Å². The Morgan fingerprint density at radius 3 is 0.943 bits per heavy atom. The number of unbranched alkanes of at least 4 members (excludes halogenated alkanes) is 52. The van der Waals surface area contributed by atoms with Crippen LogP contribution in [0.1, 0.15) is 380 Å². The molecule has 19 heteroatoms. The van der Waals surface area contributed by atoms with Crippen LogP contribution in [0, 0.1) is 0 Å². The van der Waals surface area contributed by atoms with E-state index in [1.807, 2.05) is 6.08 Å². The standard InChI is InChI=1S/C87H163NO18/c1-3-5-7-9-11-13-15-17-19-21-23-25-27-29-31-32-33-34-35-36-37-38-39-41-43-45-47-49-51-53-55-57-59-61-63-65-75(93)88-70(71(92)64-62-60-58-56-54-52-50-48-46-44-42-40-30-28-26-24-22-20-18-16-14-12-10-8-6-4-2)69-101-85-81(99)78(96)83(73(67-90)103-85)106-87-82(100)79(97)84(74(68-91)104-87)105-86-80(98)77(95)76(94)72(66-89)102-86/h21,23,54,56,62,64,70-74,76-87,89-92,94-100H,3-20,22,24-53,55,57-61,63,65-69H2,1-2H3,(H,88,93)/b23-21-,56-54+,64-62+. The van der Waals surface area contributed by atoms with Gasteiger partial charge in [0, 0.05) is 6.42 Å². The molecular formula is C87H163NO18. The summed E-state index contributed by atoms with van der Waals surface area (Å²) in [5.41, 5.74) is 0. The highest BCUT2D eigenvalue weighted by atomic mass is 16.8. The minimum absolute atomic E-state index is 0.240. The second kappa shape index (κ2) is 67.5. The highest BCUT2D eigenvalue weighted by Crippen LogP contribution is 2.34. The van der Waals surface area contributed by atoms with Gasteiger partial charge >= 0.3 is 0 Å². The molecule has 12 N–H and O–H groups in total. The topological polar surface area (TPSA) is 307 Å². The van der Waals surface area contributed by atoms with Gasteiger partial charge in [0.25, 0.3) is 0 Å². The number of amides is 1. The zero-order chi connectivity index (χ0) is 76.7. The molecule has 3 rings (SSSR count). The second-order valence-corrected chi connectivity index (χ2v) is 31.7. The number of allylic oxidation sites excluding steroid dienone is 5. The number of aliphatic hydroxyl groups is 11. The van der Waals surface area contributed by atoms with E-state index in [4.69, 9.17) is 28.4 Å². The lowest BCUT2D eigenvalue weighted by Crippen LogP contribution is -2.66. The smallest absolute Gasteiger partial charge is 0.220 e. The predicted molar refractivity (Wildman–Crippen MR) is 425 cm³/mol. The zero-order valence-electron chi connectivity index (χ0n) is 67.2. The Labute approximate surface area is 644 Å². The fraction of sp³-hybridized carbons (Fsp3) is 0.920. The minimum Gasteiger partial charge on any atom is -0.394 e. The molecular weight excluding hydrogens is 1350 g/mol. The van der Waals surface area contributed by atoms with Gasteiger partial charge < -0.3 is 89.9 Å². The zero-order valence-corrected chi connectivity index (χ0v) is 67.2. The van der Waals surface area contributed by atoms with Crippen LogP contribution < -0.4 is 5.32 Å². The third-order valence-electron chi connectivity index (χ3n) is 22.2. The van der Waals surface area contributed by atoms with Crippen molar-refractivity contribution in [3.05, 3.63) is 36.5 Å². The summed E-state index contributed by atoms with van der Waals surface area (Å²) in [6, 6.07) is -0.990. The van der Waals surface area contributed by atoms with Crippen molar-refractivity contribution in [2.75, 3.05) is 26.4 Å². The fourth-order valence-corrected chi connectivity index (χ4v) is 15.1. The summed E-state index contributed by atoms with van der Waals surface area (Å²) in [7, 11) is 0. The van der Waals surface area contributed by atoms with Gasteiger partial charge in [-0.2, -0.15) is 0 Å². The lowest BCUT2D eigenvalue weighted by atomic mass is 9.96. The molecule has 0 aliphatic carbocycles. The average Bonchev–Trinajstić information content (AvgIpc) is 0.779. The maximum absolute atomic E-state index is 13.5. The summed E-state index contributed by atoms with van der Waals surface area (Å²) < 4.78 is 34.5. The molecule has 0 aromatic rings. The molecule has 0 bridgehead atoms. The van der Waals surface area contributed by atoms with E-state index in [-0.39, 0.29) is 18.9 Å². The molecule has 1 amide bonds. The first-order valence-corrected chi connectivity index (χ1v) is 44.2. The van der Waals surface area contributed by atoms with Crippen LogP contribution in [0.15, 0.2) is 36.5 Å². The van der Waals surface area contributed by atoms with E-state index < -0.39 is 124 Å². The molecule has 106 heavy (non-hydrogen) atoms. The number of hydrogen-bond acceptors (Lipinski definition) is 18. The Kier molecular flexibility index (Phi) is 62.5. The molecule has 3 saturated heterocycles. The molecule has 17 unspecified atom stereocenters. The maximum atomic E-state index is 13.5. The Morgan fingerprint density at radius 1 is 0.330 bits per heavy atom. The van der Waals surface area contributed by atoms with Gasteiger partial charge in [-0.15, -0.1) is 0 Å². The third kappa shape index (κ3) is 46.3. The maximum Gasteiger partial charge on any atom is 0.220 e. The first-order valence-electron chi connectivity index (χ1n) is 44.2. The van der Waals surface area contributed by atoms with Gasteiger partial charge in [0.2, 0.25) is 5.91 Å². The molecule has 0 saturated carbocycles. The number of hydrogen-bond donors (Lipinski definition) is 12. The first-order chi connectivity index (χ1) is 51.8. The number of ether oxygens (including phenoxy) is 6. The molecule has 0 aromatic heterocycles. The Bertz CT molecular complexity index is 2050. The van der Waals surface area contributed by atoms with E-state index in [2.05, 4.69) is 43.5 Å². The molecule has 0 radical (unpaired) electrons. The van der Waals surface area contributed by atoms with Crippen molar-refractivity contribution in [1.82, 2.24) is 5.32 Å². The van der Waals surface area contributed by atoms with Crippen LogP contribution in [0.4, 0.5) is 0 Å². The van der Waals surface area contributed by atoms with Gasteiger partial charge in [0.05, 0.1) is 38.6 Å². The Hall–Kier alpha value is -1.99. The first kappa shape index (κ1) is 98.2. The predicted octanol–water partition coefficient (Wildman–Crippen LogP) is 16.2. The van der Waals surface area contributed by atoms with E-state index in [0.717, 1.165) is 38.5 Å². The number of rotatable bonds is 72. The largest absolute Gasteiger partial charge is 0.394 e. The number of aliphatic hydroxyl groups excluding tert-OH is 11. The minimum atomic E-state index is -1.98. The average molecular weight is 1510 g/mol. The Balaban J connectivity index is 1.33. The van der Waals surface area contributed by atoms with Crippen LogP contribution in [0.2, 0.25) is 0 Å². The Morgan fingerprint density at radius 2 is 0.604 bits per heavy atom. The molecule has 3 aliphatic heterocycles. The van der Waals surface area contributed by atoms with Crippen molar-refractivity contribution in [3.63, 3.8) is 0 Å². The van der Waals surface area contributed by atoms with E-state index in [9.17, 15) is 61.0 Å². The number of carbonyl (C=O) groups excluding carboxylic acids is 1. The summed E-state index contributed by atoms with van der Waals surface area (Å²) in [6.07, 6.45) is 58.8. The van der Waals surface area contributed by atoms with Crippen molar-refractivity contribution in [2.24, 2.45) is 0 Å². The van der Waals surface area contributed by atoms with Crippen LogP contribution in [-0.2, 0) is 33.2 Å². The molecule has 624 valence electrons. The van der Waals surface area contributed by atoms with Crippen molar-refractivity contribution in [2.45, 2.75) is 484 Å². The summed E-state index contributed by atoms with van der Waals surface area (Å²) >= 11 is 0. The molecule has 3 heterocycles. The molecule has 19 nitrogen and oxygen atoms in total. The van der Waals surface area contributed by atoms with Crippen molar-refractivity contribution >= 4 is 5.91 Å². The lowest BCUT2D eigenvalue weighted by Gasteiger charge is -2.48. The monoisotopic (exact) mass is 1510 g/mol. The van der Waals surface area contributed by atoms with Gasteiger partial charge in [-0.1, -0.05) is 352 Å². The lowest BCUT2D eigenvalue weighted by molar-refractivity contribution is -0.379. The van der Waals surface area contributed by atoms with Gasteiger partial charge in [-0.25, -0.2) is 0 Å². The van der Waals surface area contributed by atoms with E-state index in [0.29, 0.717) is 12.8 Å². The third-order valence-corrected chi connectivity index (χ3v) is 22.2. The second-order valence-electron chi connectivity index (χ2n) is 31.7.